The van der Waals surface area contributed by atoms with Crippen molar-refractivity contribution in [2.45, 2.75) is 6.42 Å². The van der Waals surface area contributed by atoms with E-state index in [-0.39, 0.29) is 6.79 Å². The van der Waals surface area contributed by atoms with Gasteiger partial charge in [0.15, 0.2) is 13.1 Å². The summed E-state index contributed by atoms with van der Waals surface area (Å²) in [6, 6.07) is 33.2. The van der Waals surface area contributed by atoms with Crippen molar-refractivity contribution in [1.29, 1.82) is 0 Å². The first-order chi connectivity index (χ1) is 16.3. The van der Waals surface area contributed by atoms with E-state index in [9.17, 15) is 4.79 Å². The van der Waals surface area contributed by atoms with Gasteiger partial charge < -0.3 is 9.47 Å². The summed E-state index contributed by atoms with van der Waals surface area (Å²) in [6.07, 6.45) is 1.63. The molecule has 0 atom stereocenters. The van der Waals surface area contributed by atoms with Crippen molar-refractivity contribution < 1.29 is 14.3 Å². The summed E-state index contributed by atoms with van der Waals surface area (Å²) < 4.78 is 11.3. The van der Waals surface area contributed by atoms with Crippen LogP contribution < -0.4 is 4.74 Å². The maximum absolute atomic E-state index is 12.1. The third-order valence-corrected chi connectivity index (χ3v) is 5.98. The van der Waals surface area contributed by atoms with Crippen LogP contribution in [0.2, 0.25) is 0 Å². The molecule has 5 aromatic rings. The van der Waals surface area contributed by atoms with Crippen molar-refractivity contribution in [1.82, 2.24) is 0 Å². The second kappa shape index (κ2) is 9.27. The lowest BCUT2D eigenvalue weighted by atomic mass is 9.86. The predicted molar refractivity (Wildman–Crippen MR) is 134 cm³/mol. The van der Waals surface area contributed by atoms with E-state index in [1.165, 1.54) is 11.1 Å². The van der Waals surface area contributed by atoms with Crippen LogP contribution in [0.5, 0.6) is 5.75 Å². The van der Waals surface area contributed by atoms with Gasteiger partial charge >= 0.3 is 0 Å². The van der Waals surface area contributed by atoms with Crippen LogP contribution >= 0.6 is 0 Å². The molecular weight excluding hydrogens is 408 g/mol. The van der Waals surface area contributed by atoms with E-state index in [1.807, 2.05) is 36.4 Å². The lowest BCUT2D eigenvalue weighted by Crippen LogP contribution is -2.05. The number of hydrogen-bond donors (Lipinski definition) is 0. The van der Waals surface area contributed by atoms with Crippen LogP contribution in [0.3, 0.4) is 0 Å². The summed E-state index contributed by atoms with van der Waals surface area (Å²) in [5.74, 6) is 0.552. The Hall–Kier alpha value is -3.95. The van der Waals surface area contributed by atoms with Crippen LogP contribution in [0.1, 0.15) is 21.5 Å². The zero-order valence-electron chi connectivity index (χ0n) is 18.5. The van der Waals surface area contributed by atoms with E-state index in [4.69, 9.17) is 9.47 Å². The highest BCUT2D eigenvalue weighted by molar-refractivity contribution is 6.11. The second-order valence-corrected chi connectivity index (χ2v) is 8.04. The highest BCUT2D eigenvalue weighted by Gasteiger charge is 2.21. The molecule has 0 heterocycles. The van der Waals surface area contributed by atoms with Crippen molar-refractivity contribution in [3.8, 4) is 16.9 Å². The molecular formula is C30H24O3. The number of carbonyl (C=O) groups is 1. The normalized spacial score (nSPS) is 11.1. The Balaban J connectivity index is 1.89. The number of ether oxygens (including phenoxy) is 2. The molecule has 0 amide bonds. The molecule has 162 valence electrons. The molecule has 0 saturated carbocycles. The number of methoxy groups -OCH3 is 1. The van der Waals surface area contributed by atoms with Gasteiger partial charge in [0.2, 0.25) is 0 Å². The van der Waals surface area contributed by atoms with E-state index in [2.05, 4.69) is 60.7 Å². The van der Waals surface area contributed by atoms with E-state index >= 15 is 0 Å². The fourth-order valence-corrected chi connectivity index (χ4v) is 4.53. The van der Waals surface area contributed by atoms with Crippen LogP contribution in [0.15, 0.2) is 97.1 Å². The maximum Gasteiger partial charge on any atom is 0.188 e. The van der Waals surface area contributed by atoms with Crippen molar-refractivity contribution in [2.75, 3.05) is 13.9 Å². The van der Waals surface area contributed by atoms with Crippen LogP contribution in [0.25, 0.3) is 32.7 Å². The molecule has 0 bridgehead atoms. The fraction of sp³-hybridized carbons (Fsp3) is 0.100. The number of fused-ring (bicyclic) bond motifs is 2. The molecule has 0 fully saturated rings. The monoisotopic (exact) mass is 432 g/mol. The largest absolute Gasteiger partial charge is 0.466 e. The zero-order chi connectivity index (χ0) is 22.6. The van der Waals surface area contributed by atoms with E-state index in [0.29, 0.717) is 11.3 Å². The minimum Gasteiger partial charge on any atom is -0.466 e. The Morgan fingerprint density at radius 1 is 0.727 bits per heavy atom. The minimum absolute atomic E-state index is 0.0605. The van der Waals surface area contributed by atoms with Gasteiger partial charge in [0.05, 0.1) is 5.56 Å². The molecule has 0 N–H and O–H groups in total. The first-order valence-corrected chi connectivity index (χ1v) is 11.0. The van der Waals surface area contributed by atoms with Crippen molar-refractivity contribution >= 4 is 27.8 Å². The molecule has 0 saturated heterocycles. The van der Waals surface area contributed by atoms with Gasteiger partial charge in [0.25, 0.3) is 0 Å². The van der Waals surface area contributed by atoms with Crippen molar-refractivity contribution in [2.24, 2.45) is 0 Å². The summed E-state index contributed by atoms with van der Waals surface area (Å²) in [5, 5.41) is 4.31. The molecule has 0 unspecified atom stereocenters. The van der Waals surface area contributed by atoms with Crippen molar-refractivity contribution in [3.05, 3.63) is 114 Å². The lowest BCUT2D eigenvalue weighted by molar-refractivity contribution is 0.0510. The van der Waals surface area contributed by atoms with Crippen LogP contribution in [0, 0.1) is 0 Å². The second-order valence-electron chi connectivity index (χ2n) is 8.04. The predicted octanol–water partition coefficient (Wildman–Crippen LogP) is 7.05. The Morgan fingerprint density at radius 2 is 1.39 bits per heavy atom. The molecule has 0 aliphatic carbocycles. The van der Waals surface area contributed by atoms with E-state index in [1.54, 1.807) is 7.11 Å². The van der Waals surface area contributed by atoms with Gasteiger partial charge in [-0.15, -0.1) is 0 Å². The SMILES string of the molecule is COCOc1c(C=O)cc2ccccc2c1-c1c(Cc2ccccc2)ccc2ccccc12. The first-order valence-electron chi connectivity index (χ1n) is 11.0. The number of rotatable bonds is 7. The molecule has 0 aromatic heterocycles. The smallest absolute Gasteiger partial charge is 0.188 e. The highest BCUT2D eigenvalue weighted by Crippen LogP contribution is 2.44. The summed E-state index contributed by atoms with van der Waals surface area (Å²) in [5.41, 5.74) is 4.93. The Kier molecular flexibility index (Phi) is 5.88. The summed E-state index contributed by atoms with van der Waals surface area (Å²) >= 11 is 0. The molecule has 0 aliphatic heterocycles. The third kappa shape index (κ3) is 3.99. The fourth-order valence-electron chi connectivity index (χ4n) is 4.53. The average molecular weight is 433 g/mol. The highest BCUT2D eigenvalue weighted by atomic mass is 16.7. The molecule has 5 rings (SSSR count). The van der Waals surface area contributed by atoms with Crippen LogP contribution in [-0.2, 0) is 11.2 Å². The molecule has 3 heteroatoms. The van der Waals surface area contributed by atoms with Crippen LogP contribution in [0.4, 0.5) is 0 Å². The van der Waals surface area contributed by atoms with Gasteiger partial charge in [0, 0.05) is 12.7 Å². The first kappa shape index (κ1) is 20.9. The van der Waals surface area contributed by atoms with Crippen LogP contribution in [-0.4, -0.2) is 20.2 Å². The molecule has 3 nitrogen and oxygen atoms in total. The summed E-state index contributed by atoms with van der Waals surface area (Å²) in [7, 11) is 1.58. The lowest BCUT2D eigenvalue weighted by Gasteiger charge is -2.21. The van der Waals surface area contributed by atoms with Gasteiger partial charge in [-0.05, 0) is 50.7 Å². The summed E-state index contributed by atoms with van der Waals surface area (Å²) in [4.78, 5) is 12.1. The number of benzene rings is 5. The van der Waals surface area contributed by atoms with Crippen molar-refractivity contribution in [3.63, 3.8) is 0 Å². The molecule has 33 heavy (non-hydrogen) atoms. The number of carbonyl (C=O) groups excluding carboxylic acids is 1. The van der Waals surface area contributed by atoms with Gasteiger partial charge in [-0.25, -0.2) is 0 Å². The zero-order valence-corrected chi connectivity index (χ0v) is 18.5. The summed E-state index contributed by atoms with van der Waals surface area (Å²) in [6.45, 7) is 0.0605. The molecule has 0 spiro atoms. The molecule has 0 aliphatic rings. The molecule has 0 radical (unpaired) electrons. The van der Waals surface area contributed by atoms with Gasteiger partial charge in [-0.2, -0.15) is 0 Å². The minimum atomic E-state index is 0.0605. The van der Waals surface area contributed by atoms with Gasteiger partial charge in [-0.1, -0.05) is 91.0 Å². The topological polar surface area (TPSA) is 35.5 Å². The Morgan fingerprint density at radius 3 is 2.12 bits per heavy atom. The average Bonchev–Trinajstić information content (AvgIpc) is 2.87. The number of hydrogen-bond acceptors (Lipinski definition) is 3. The number of aldehydes is 1. The van der Waals surface area contributed by atoms with E-state index in [0.717, 1.165) is 45.4 Å². The standard InChI is InChI=1S/C30H24O3/c1-32-20-33-30-25(19-31)18-23-12-6-8-14-27(23)29(30)28-24(17-21-9-3-2-4-10-21)16-15-22-11-5-7-13-26(22)28/h2-16,18-19H,17,20H2,1H3. The maximum atomic E-state index is 12.1. The Labute approximate surface area is 193 Å². The van der Waals surface area contributed by atoms with Gasteiger partial charge in [-0.3, -0.25) is 4.79 Å². The van der Waals surface area contributed by atoms with Gasteiger partial charge in [0.1, 0.15) is 5.75 Å². The quantitative estimate of drug-likeness (QED) is 0.204. The molecule has 5 aromatic carbocycles. The van der Waals surface area contributed by atoms with E-state index < -0.39 is 0 Å². The third-order valence-electron chi connectivity index (χ3n) is 5.98. The Bertz CT molecular complexity index is 1440.